The summed E-state index contributed by atoms with van der Waals surface area (Å²) >= 11 is 3.56. The molecule has 1 atom stereocenters. The number of nitrogens with two attached hydrogens (primary N) is 1. The molecule has 0 amide bonds. The topological polar surface area (TPSA) is 56.7 Å². The number of aromatic nitrogens is 3. The largest absolute Gasteiger partial charge is 0.321 e. The molecule has 0 bridgehead atoms. The highest BCUT2D eigenvalue weighted by Crippen LogP contribution is 2.29. The van der Waals surface area contributed by atoms with Crippen LogP contribution >= 0.6 is 15.9 Å². The Morgan fingerprint density at radius 1 is 1.37 bits per heavy atom. The first-order valence-corrected chi connectivity index (χ1v) is 7.13. The lowest BCUT2D eigenvalue weighted by molar-refractivity contribution is 0.432. The number of hydrogen-bond acceptors (Lipinski definition) is 3. The maximum absolute atomic E-state index is 6.49. The van der Waals surface area contributed by atoms with E-state index in [2.05, 4.69) is 39.9 Å². The molecule has 1 unspecified atom stereocenters. The third-order valence-corrected chi connectivity index (χ3v) is 3.84. The molecular weight excluding hydrogens is 304 g/mol. The molecule has 1 aromatic carbocycles. The second-order valence-corrected chi connectivity index (χ2v) is 6.14. The van der Waals surface area contributed by atoms with Crippen molar-refractivity contribution in [3.8, 4) is 0 Å². The Labute approximate surface area is 122 Å². The molecule has 0 saturated heterocycles. The van der Waals surface area contributed by atoms with Crippen LogP contribution in [0.15, 0.2) is 35.1 Å². The number of halogens is 1. The van der Waals surface area contributed by atoms with Gasteiger partial charge in [-0.2, -0.15) is 5.10 Å². The summed E-state index contributed by atoms with van der Waals surface area (Å²) < 4.78 is 2.94. The van der Waals surface area contributed by atoms with Crippen molar-refractivity contribution in [2.45, 2.75) is 38.8 Å². The quantitative estimate of drug-likeness (QED) is 0.941. The summed E-state index contributed by atoms with van der Waals surface area (Å²) in [5.41, 5.74) is 7.08. The Kier molecular flexibility index (Phi) is 4.06. The smallest absolute Gasteiger partial charge is 0.138 e. The van der Waals surface area contributed by atoms with E-state index >= 15 is 0 Å². The van der Waals surface area contributed by atoms with Gasteiger partial charge in [0.25, 0.3) is 0 Å². The standard InChI is InChI=1S/C14H19BrN4/c1-10(2)19-13(17-9-18-19)8-14(3,16)11-6-4-5-7-12(11)15/h4-7,9-10H,8,16H2,1-3H3. The molecule has 2 N–H and O–H groups in total. The first-order chi connectivity index (χ1) is 8.92. The van der Waals surface area contributed by atoms with Crippen LogP contribution in [0.25, 0.3) is 0 Å². The number of hydrogen-bond donors (Lipinski definition) is 1. The first-order valence-electron chi connectivity index (χ1n) is 6.34. The molecule has 1 aromatic heterocycles. The Morgan fingerprint density at radius 3 is 2.68 bits per heavy atom. The van der Waals surface area contributed by atoms with E-state index in [1.165, 1.54) is 0 Å². The van der Waals surface area contributed by atoms with E-state index in [1.807, 2.05) is 35.9 Å². The summed E-state index contributed by atoms with van der Waals surface area (Å²) in [4.78, 5) is 4.33. The van der Waals surface area contributed by atoms with Crippen LogP contribution in [0.1, 0.15) is 38.2 Å². The molecule has 2 aromatic rings. The van der Waals surface area contributed by atoms with Crippen LogP contribution < -0.4 is 5.73 Å². The Bertz CT molecular complexity index is 560. The minimum absolute atomic E-state index is 0.285. The maximum atomic E-state index is 6.49. The van der Waals surface area contributed by atoms with Crippen LogP contribution in [0, 0.1) is 0 Å². The summed E-state index contributed by atoms with van der Waals surface area (Å²) in [7, 11) is 0. The van der Waals surface area contributed by atoms with Crippen molar-refractivity contribution in [1.29, 1.82) is 0 Å². The normalized spacial score (nSPS) is 14.6. The second kappa shape index (κ2) is 5.43. The molecule has 0 fully saturated rings. The first kappa shape index (κ1) is 14.2. The van der Waals surface area contributed by atoms with E-state index in [4.69, 9.17) is 5.73 Å². The van der Waals surface area contributed by atoms with Gasteiger partial charge < -0.3 is 5.73 Å². The fourth-order valence-corrected chi connectivity index (χ4v) is 2.92. The molecule has 0 radical (unpaired) electrons. The van der Waals surface area contributed by atoms with Crippen molar-refractivity contribution in [2.24, 2.45) is 5.73 Å². The summed E-state index contributed by atoms with van der Waals surface area (Å²) in [6.45, 7) is 6.20. The lowest BCUT2D eigenvalue weighted by Gasteiger charge is -2.26. The van der Waals surface area contributed by atoms with Crippen LogP contribution in [-0.4, -0.2) is 14.8 Å². The van der Waals surface area contributed by atoms with Gasteiger partial charge in [0.15, 0.2) is 0 Å². The fraction of sp³-hybridized carbons (Fsp3) is 0.429. The van der Waals surface area contributed by atoms with Gasteiger partial charge in [-0.15, -0.1) is 0 Å². The lowest BCUT2D eigenvalue weighted by Crippen LogP contribution is -2.37. The van der Waals surface area contributed by atoms with Crippen LogP contribution in [0.4, 0.5) is 0 Å². The van der Waals surface area contributed by atoms with Gasteiger partial charge in [-0.25, -0.2) is 9.67 Å². The zero-order valence-corrected chi connectivity index (χ0v) is 13.1. The average molecular weight is 323 g/mol. The summed E-state index contributed by atoms with van der Waals surface area (Å²) in [6.07, 6.45) is 2.24. The van der Waals surface area contributed by atoms with Gasteiger partial charge in [0.2, 0.25) is 0 Å². The molecule has 0 spiro atoms. The highest BCUT2D eigenvalue weighted by molar-refractivity contribution is 9.10. The summed E-state index contributed by atoms with van der Waals surface area (Å²) in [5, 5.41) is 4.25. The number of nitrogens with zero attached hydrogens (tertiary/aromatic N) is 3. The van der Waals surface area contributed by atoms with Gasteiger partial charge in [-0.3, -0.25) is 0 Å². The molecular formula is C14H19BrN4. The van der Waals surface area contributed by atoms with E-state index in [1.54, 1.807) is 6.33 Å². The van der Waals surface area contributed by atoms with Crippen molar-refractivity contribution < 1.29 is 0 Å². The predicted octanol–water partition coefficient (Wildman–Crippen LogP) is 3.04. The number of rotatable bonds is 4. The zero-order chi connectivity index (χ0) is 14.0. The highest BCUT2D eigenvalue weighted by atomic mass is 79.9. The van der Waals surface area contributed by atoms with Crippen molar-refractivity contribution in [2.75, 3.05) is 0 Å². The average Bonchev–Trinajstić information content (AvgIpc) is 2.76. The van der Waals surface area contributed by atoms with E-state index in [0.717, 1.165) is 15.9 Å². The number of benzene rings is 1. The monoisotopic (exact) mass is 322 g/mol. The SMILES string of the molecule is CC(C)n1ncnc1CC(C)(N)c1ccccc1Br. The third-order valence-electron chi connectivity index (χ3n) is 3.15. The Hall–Kier alpha value is -1.20. The minimum atomic E-state index is -0.486. The Balaban J connectivity index is 2.31. The Morgan fingerprint density at radius 2 is 2.05 bits per heavy atom. The molecule has 0 aliphatic carbocycles. The molecule has 19 heavy (non-hydrogen) atoms. The van der Waals surface area contributed by atoms with Crippen LogP contribution in [0.5, 0.6) is 0 Å². The molecule has 4 nitrogen and oxygen atoms in total. The van der Waals surface area contributed by atoms with Crippen molar-refractivity contribution in [1.82, 2.24) is 14.8 Å². The molecule has 5 heteroatoms. The van der Waals surface area contributed by atoms with Gasteiger partial charge in [-0.1, -0.05) is 34.1 Å². The second-order valence-electron chi connectivity index (χ2n) is 5.29. The van der Waals surface area contributed by atoms with Gasteiger partial charge in [0.1, 0.15) is 12.2 Å². The third kappa shape index (κ3) is 3.04. The van der Waals surface area contributed by atoms with E-state index < -0.39 is 5.54 Å². The predicted molar refractivity (Wildman–Crippen MR) is 79.8 cm³/mol. The molecule has 0 aliphatic rings. The minimum Gasteiger partial charge on any atom is -0.321 e. The van der Waals surface area contributed by atoms with Gasteiger partial charge >= 0.3 is 0 Å². The molecule has 102 valence electrons. The maximum Gasteiger partial charge on any atom is 0.138 e. The van der Waals surface area contributed by atoms with E-state index in [-0.39, 0.29) is 6.04 Å². The van der Waals surface area contributed by atoms with Crippen LogP contribution in [0.3, 0.4) is 0 Å². The molecule has 2 rings (SSSR count). The molecule has 0 aliphatic heterocycles. The van der Waals surface area contributed by atoms with Crippen molar-refractivity contribution in [3.63, 3.8) is 0 Å². The van der Waals surface area contributed by atoms with E-state index in [9.17, 15) is 0 Å². The van der Waals surface area contributed by atoms with Gasteiger partial charge in [0, 0.05) is 22.5 Å². The van der Waals surface area contributed by atoms with Crippen molar-refractivity contribution >= 4 is 15.9 Å². The van der Waals surface area contributed by atoms with Crippen LogP contribution in [-0.2, 0) is 12.0 Å². The zero-order valence-electron chi connectivity index (χ0n) is 11.5. The van der Waals surface area contributed by atoms with Crippen molar-refractivity contribution in [3.05, 3.63) is 46.5 Å². The molecule has 0 saturated carbocycles. The lowest BCUT2D eigenvalue weighted by atomic mass is 9.89. The van der Waals surface area contributed by atoms with Gasteiger partial charge in [-0.05, 0) is 32.4 Å². The van der Waals surface area contributed by atoms with E-state index in [0.29, 0.717) is 6.42 Å². The van der Waals surface area contributed by atoms with Gasteiger partial charge in [0.05, 0.1) is 0 Å². The molecule has 1 heterocycles. The van der Waals surface area contributed by atoms with Crippen LogP contribution in [0.2, 0.25) is 0 Å². The summed E-state index contributed by atoms with van der Waals surface area (Å²) in [6, 6.07) is 8.32. The summed E-state index contributed by atoms with van der Waals surface area (Å²) in [5.74, 6) is 0.913. The highest BCUT2D eigenvalue weighted by Gasteiger charge is 2.26. The fourth-order valence-electron chi connectivity index (χ4n) is 2.18.